The smallest absolute Gasteiger partial charge is 0.159 e. The molecule has 1 rings (SSSR count). The highest BCUT2D eigenvalue weighted by molar-refractivity contribution is 7.90. The summed E-state index contributed by atoms with van der Waals surface area (Å²) in [5.41, 5.74) is 0.613. The molecule has 0 unspecified atom stereocenters. The van der Waals surface area contributed by atoms with Crippen molar-refractivity contribution in [3.8, 4) is 0 Å². The highest BCUT2D eigenvalue weighted by Gasteiger charge is 2.17. The number of halogens is 2. The second-order valence-electron chi connectivity index (χ2n) is 4.98. The standard InChI is InChI=1S/C13H19F2NO2S/c1-9(2)13(16-6-7-19(3,17)18)10-4-5-11(14)12(15)8-10/h4-5,8-9,13,16H,6-7H2,1-3H3/t13-/m0/s1. The van der Waals surface area contributed by atoms with Crippen LogP contribution in [0.2, 0.25) is 0 Å². The minimum atomic E-state index is -3.04. The van der Waals surface area contributed by atoms with Crippen molar-refractivity contribution in [2.45, 2.75) is 19.9 Å². The van der Waals surface area contributed by atoms with E-state index in [2.05, 4.69) is 5.32 Å². The van der Waals surface area contributed by atoms with Gasteiger partial charge in [-0.2, -0.15) is 0 Å². The van der Waals surface area contributed by atoms with Crippen molar-refractivity contribution in [3.05, 3.63) is 35.4 Å². The van der Waals surface area contributed by atoms with E-state index in [0.717, 1.165) is 18.4 Å². The maximum atomic E-state index is 13.2. The molecule has 0 heterocycles. The van der Waals surface area contributed by atoms with E-state index in [-0.39, 0.29) is 24.3 Å². The second kappa shape index (κ2) is 6.43. The molecular formula is C13H19F2NO2S. The van der Waals surface area contributed by atoms with Crippen molar-refractivity contribution in [2.24, 2.45) is 5.92 Å². The maximum absolute atomic E-state index is 13.2. The number of benzene rings is 1. The predicted molar refractivity (Wildman–Crippen MR) is 71.7 cm³/mol. The molecule has 0 aromatic heterocycles. The first kappa shape index (κ1) is 16.0. The molecule has 1 aromatic rings. The van der Waals surface area contributed by atoms with E-state index in [1.54, 1.807) is 0 Å². The number of hydrogen-bond donors (Lipinski definition) is 1. The minimum absolute atomic E-state index is 0.0138. The fraction of sp³-hybridized carbons (Fsp3) is 0.538. The fourth-order valence-electron chi connectivity index (χ4n) is 1.84. The van der Waals surface area contributed by atoms with E-state index in [4.69, 9.17) is 0 Å². The summed E-state index contributed by atoms with van der Waals surface area (Å²) in [7, 11) is -3.04. The third kappa shape index (κ3) is 5.24. The van der Waals surface area contributed by atoms with Crippen LogP contribution in [0.5, 0.6) is 0 Å². The van der Waals surface area contributed by atoms with Gasteiger partial charge < -0.3 is 5.32 Å². The Morgan fingerprint density at radius 1 is 1.21 bits per heavy atom. The van der Waals surface area contributed by atoms with E-state index in [9.17, 15) is 17.2 Å². The summed E-state index contributed by atoms with van der Waals surface area (Å²) < 4.78 is 48.2. The maximum Gasteiger partial charge on any atom is 0.159 e. The molecular weight excluding hydrogens is 272 g/mol. The number of hydrogen-bond acceptors (Lipinski definition) is 3. The van der Waals surface area contributed by atoms with Crippen LogP contribution in [-0.2, 0) is 9.84 Å². The summed E-state index contributed by atoms with van der Waals surface area (Å²) in [5.74, 6) is -1.64. The van der Waals surface area contributed by atoms with Crippen molar-refractivity contribution >= 4 is 9.84 Å². The normalized spacial score (nSPS) is 13.8. The Balaban J connectivity index is 2.80. The lowest BCUT2D eigenvalue weighted by Crippen LogP contribution is -2.30. The van der Waals surface area contributed by atoms with Crippen molar-refractivity contribution in [3.63, 3.8) is 0 Å². The van der Waals surface area contributed by atoms with Crippen molar-refractivity contribution in [2.75, 3.05) is 18.6 Å². The van der Waals surface area contributed by atoms with Crippen LogP contribution in [-0.4, -0.2) is 27.0 Å². The Hall–Kier alpha value is -1.01. The van der Waals surface area contributed by atoms with Crippen LogP contribution in [0.1, 0.15) is 25.5 Å². The predicted octanol–water partition coefficient (Wildman–Crippen LogP) is 2.30. The van der Waals surface area contributed by atoms with Crippen LogP contribution in [0, 0.1) is 17.6 Å². The molecule has 0 fully saturated rings. The molecule has 19 heavy (non-hydrogen) atoms. The van der Waals surface area contributed by atoms with Crippen molar-refractivity contribution in [1.29, 1.82) is 0 Å². The van der Waals surface area contributed by atoms with Gasteiger partial charge in [0.1, 0.15) is 9.84 Å². The third-order valence-electron chi connectivity index (χ3n) is 2.81. The zero-order valence-electron chi connectivity index (χ0n) is 11.3. The monoisotopic (exact) mass is 291 g/mol. The van der Waals surface area contributed by atoms with Crippen LogP contribution < -0.4 is 5.32 Å². The second-order valence-corrected chi connectivity index (χ2v) is 7.24. The van der Waals surface area contributed by atoms with Crippen LogP contribution in [0.15, 0.2) is 18.2 Å². The Kier molecular flexibility index (Phi) is 5.43. The molecule has 0 saturated carbocycles. The molecule has 0 aliphatic carbocycles. The molecule has 1 aromatic carbocycles. The molecule has 3 nitrogen and oxygen atoms in total. The summed E-state index contributed by atoms with van der Waals surface area (Å²) >= 11 is 0. The SMILES string of the molecule is CC(C)[C@H](NCCS(C)(=O)=O)c1ccc(F)c(F)c1. The lowest BCUT2D eigenvalue weighted by atomic mass is 9.96. The number of rotatable bonds is 6. The zero-order chi connectivity index (χ0) is 14.6. The van der Waals surface area contributed by atoms with Gasteiger partial charge in [-0.3, -0.25) is 0 Å². The van der Waals surface area contributed by atoms with Gasteiger partial charge in [0.15, 0.2) is 11.6 Å². The number of sulfone groups is 1. The van der Waals surface area contributed by atoms with Gasteiger partial charge in [-0.25, -0.2) is 17.2 Å². The molecule has 0 bridgehead atoms. The summed E-state index contributed by atoms with van der Waals surface area (Å²) in [5, 5.41) is 3.07. The zero-order valence-corrected chi connectivity index (χ0v) is 12.1. The van der Waals surface area contributed by atoms with Crippen molar-refractivity contribution in [1.82, 2.24) is 5.32 Å². The van der Waals surface area contributed by atoms with Crippen molar-refractivity contribution < 1.29 is 17.2 Å². The largest absolute Gasteiger partial charge is 0.309 e. The molecule has 1 N–H and O–H groups in total. The van der Waals surface area contributed by atoms with Gasteiger partial charge in [0.05, 0.1) is 5.75 Å². The van der Waals surface area contributed by atoms with Crippen LogP contribution in [0.4, 0.5) is 8.78 Å². The van der Waals surface area contributed by atoms with Gasteiger partial charge in [0, 0.05) is 18.8 Å². The molecule has 108 valence electrons. The molecule has 0 amide bonds. The van der Waals surface area contributed by atoms with E-state index >= 15 is 0 Å². The van der Waals surface area contributed by atoms with Gasteiger partial charge in [0.2, 0.25) is 0 Å². The summed E-state index contributed by atoms with van der Waals surface area (Å²) in [6, 6.07) is 3.53. The van der Waals surface area contributed by atoms with Crippen LogP contribution >= 0.6 is 0 Å². The Morgan fingerprint density at radius 3 is 2.32 bits per heavy atom. The van der Waals surface area contributed by atoms with Gasteiger partial charge in [0.25, 0.3) is 0 Å². The molecule has 0 spiro atoms. The molecule has 6 heteroatoms. The first-order valence-electron chi connectivity index (χ1n) is 6.07. The Morgan fingerprint density at radius 2 is 1.84 bits per heavy atom. The van der Waals surface area contributed by atoms with E-state index in [1.807, 2.05) is 13.8 Å². The minimum Gasteiger partial charge on any atom is -0.309 e. The van der Waals surface area contributed by atoms with Gasteiger partial charge in [-0.15, -0.1) is 0 Å². The van der Waals surface area contributed by atoms with E-state index < -0.39 is 21.5 Å². The Labute approximate surface area is 112 Å². The van der Waals surface area contributed by atoms with E-state index in [1.165, 1.54) is 6.07 Å². The molecule has 0 aliphatic rings. The third-order valence-corrected chi connectivity index (χ3v) is 3.75. The summed E-state index contributed by atoms with van der Waals surface area (Å²) in [6.07, 6.45) is 1.16. The highest BCUT2D eigenvalue weighted by atomic mass is 32.2. The van der Waals surface area contributed by atoms with Gasteiger partial charge in [-0.05, 0) is 23.6 Å². The lowest BCUT2D eigenvalue weighted by Gasteiger charge is -2.23. The summed E-state index contributed by atoms with van der Waals surface area (Å²) in [4.78, 5) is 0. The van der Waals surface area contributed by atoms with Gasteiger partial charge in [-0.1, -0.05) is 19.9 Å². The molecule has 0 saturated heterocycles. The quantitative estimate of drug-likeness (QED) is 0.875. The van der Waals surface area contributed by atoms with E-state index in [0.29, 0.717) is 5.56 Å². The lowest BCUT2D eigenvalue weighted by molar-refractivity contribution is 0.417. The van der Waals surface area contributed by atoms with Crippen LogP contribution in [0.25, 0.3) is 0 Å². The van der Waals surface area contributed by atoms with Crippen LogP contribution in [0.3, 0.4) is 0 Å². The molecule has 1 atom stereocenters. The summed E-state index contributed by atoms with van der Waals surface area (Å²) in [6.45, 7) is 4.14. The average Bonchev–Trinajstić information content (AvgIpc) is 2.26. The first-order valence-corrected chi connectivity index (χ1v) is 8.13. The Bertz CT molecular complexity index is 529. The van der Waals surface area contributed by atoms with Gasteiger partial charge >= 0.3 is 0 Å². The number of nitrogens with one attached hydrogen (secondary N) is 1. The fourth-order valence-corrected chi connectivity index (χ4v) is 2.33. The molecule has 0 radical (unpaired) electrons. The topological polar surface area (TPSA) is 46.2 Å². The average molecular weight is 291 g/mol. The first-order chi connectivity index (χ1) is 8.70. The molecule has 0 aliphatic heterocycles. The highest BCUT2D eigenvalue weighted by Crippen LogP contribution is 2.23.